The number of piperidine rings is 1. The number of aryl methyl sites for hydroxylation is 2. The molecular weight excluding hydrogens is 484 g/mol. The van der Waals surface area contributed by atoms with Crippen molar-refractivity contribution in [3.05, 3.63) is 41.5 Å². The molecule has 0 unspecified atom stereocenters. The summed E-state index contributed by atoms with van der Waals surface area (Å²) >= 11 is 0. The van der Waals surface area contributed by atoms with Crippen molar-refractivity contribution in [3.63, 3.8) is 0 Å². The third kappa shape index (κ3) is 7.30. The number of nitrogens with two attached hydrogens (primary N) is 1. The molecule has 1 saturated heterocycles. The van der Waals surface area contributed by atoms with E-state index >= 15 is 0 Å². The number of allylic oxidation sites excluding steroid dienone is 1. The lowest BCUT2D eigenvalue weighted by Gasteiger charge is -2.39. The van der Waals surface area contributed by atoms with Gasteiger partial charge in [0.25, 0.3) is 0 Å². The molecule has 0 bridgehead atoms. The van der Waals surface area contributed by atoms with Crippen molar-refractivity contribution in [2.45, 2.75) is 64.3 Å². The highest BCUT2D eigenvalue weighted by atomic mass is 32.2. The molecular formula is C25H38N4O6S. The van der Waals surface area contributed by atoms with Crippen molar-refractivity contribution in [2.24, 2.45) is 5.73 Å². The van der Waals surface area contributed by atoms with Crippen molar-refractivity contribution in [2.75, 3.05) is 30.8 Å². The molecule has 1 heterocycles. The van der Waals surface area contributed by atoms with Crippen LogP contribution in [0.25, 0.3) is 0 Å². The molecule has 0 aliphatic carbocycles. The highest BCUT2D eigenvalue weighted by molar-refractivity contribution is 7.89. The van der Waals surface area contributed by atoms with Gasteiger partial charge in [-0.05, 0) is 81.2 Å². The number of carboxylic acid groups (broad SMARTS) is 1. The van der Waals surface area contributed by atoms with Gasteiger partial charge in [-0.3, -0.25) is 14.5 Å². The number of nitrogens with one attached hydrogen (secondary N) is 1. The van der Waals surface area contributed by atoms with Crippen LogP contribution < -0.4 is 16.0 Å². The normalized spacial score (nSPS) is 15.8. The Morgan fingerprint density at radius 1 is 1.19 bits per heavy atom. The van der Waals surface area contributed by atoms with E-state index in [2.05, 4.69) is 11.9 Å². The fourth-order valence-corrected chi connectivity index (χ4v) is 5.97. The number of nitrogens with zero attached hydrogens (tertiary/aromatic N) is 2. The topological polar surface area (TPSA) is 150 Å². The smallest absolute Gasteiger partial charge is 0.411 e. The largest absolute Gasteiger partial charge is 0.465 e. The van der Waals surface area contributed by atoms with Gasteiger partial charge in [-0.25, -0.2) is 17.5 Å². The van der Waals surface area contributed by atoms with E-state index in [0.717, 1.165) is 34.4 Å². The maximum atomic E-state index is 13.1. The van der Waals surface area contributed by atoms with E-state index in [1.54, 1.807) is 18.2 Å². The molecule has 1 fully saturated rings. The molecule has 0 saturated carbocycles. The maximum Gasteiger partial charge on any atom is 0.411 e. The standard InChI is InChI=1S/C25H38N4O6S/c1-5-6-7-8-9-22(30)27-25(23(26)31)11-13-29(14-12-25)36(34,35)15-10-21-18(2)16-20(17-19(21)3)28(4)24(32)33/h5,16-17H,1,6-15H2,2-4H3,(H2,26,31)(H,27,30)(H,32,33). The fraction of sp³-hybridized carbons (Fsp3) is 0.560. The van der Waals surface area contributed by atoms with Crippen molar-refractivity contribution in [1.82, 2.24) is 9.62 Å². The van der Waals surface area contributed by atoms with Gasteiger partial charge in [0, 0.05) is 32.2 Å². The molecule has 0 atom stereocenters. The fourth-order valence-electron chi connectivity index (χ4n) is 4.51. The van der Waals surface area contributed by atoms with Crippen molar-refractivity contribution in [3.8, 4) is 0 Å². The molecule has 1 aliphatic heterocycles. The Labute approximate surface area is 213 Å². The molecule has 1 aliphatic rings. The van der Waals surface area contributed by atoms with Gasteiger partial charge in [0.05, 0.1) is 5.75 Å². The van der Waals surface area contributed by atoms with Crippen LogP contribution in [-0.2, 0) is 26.0 Å². The predicted octanol–water partition coefficient (Wildman–Crippen LogP) is 2.47. The second-order valence-electron chi connectivity index (χ2n) is 9.39. The van der Waals surface area contributed by atoms with Crippen LogP contribution in [0.1, 0.15) is 55.2 Å². The van der Waals surface area contributed by atoms with Gasteiger partial charge in [-0.1, -0.05) is 6.08 Å². The highest BCUT2D eigenvalue weighted by Gasteiger charge is 2.43. The Bertz CT molecular complexity index is 1070. The first-order valence-electron chi connectivity index (χ1n) is 12.1. The summed E-state index contributed by atoms with van der Waals surface area (Å²) in [5, 5.41) is 12.0. The lowest BCUT2D eigenvalue weighted by atomic mass is 9.87. The Morgan fingerprint density at radius 2 is 1.78 bits per heavy atom. The Balaban J connectivity index is 2.02. The minimum Gasteiger partial charge on any atom is -0.465 e. The van der Waals surface area contributed by atoms with Crippen LogP contribution in [0.15, 0.2) is 24.8 Å². The first kappa shape index (κ1) is 29.3. The molecule has 11 heteroatoms. The minimum atomic E-state index is -3.63. The van der Waals surface area contributed by atoms with E-state index in [9.17, 15) is 27.9 Å². The Hall–Kier alpha value is -2.92. The van der Waals surface area contributed by atoms with Gasteiger partial charge in [-0.2, -0.15) is 0 Å². The monoisotopic (exact) mass is 522 g/mol. The zero-order chi connectivity index (χ0) is 27.1. The van der Waals surface area contributed by atoms with Gasteiger partial charge in [0.2, 0.25) is 21.8 Å². The van der Waals surface area contributed by atoms with Crippen molar-refractivity contribution in [1.29, 1.82) is 0 Å². The first-order chi connectivity index (χ1) is 16.8. The zero-order valence-corrected chi connectivity index (χ0v) is 22.2. The van der Waals surface area contributed by atoms with Crippen LogP contribution in [0, 0.1) is 13.8 Å². The van der Waals surface area contributed by atoms with E-state index < -0.39 is 27.6 Å². The third-order valence-corrected chi connectivity index (χ3v) is 8.72. The van der Waals surface area contributed by atoms with E-state index in [0.29, 0.717) is 12.1 Å². The first-order valence-corrected chi connectivity index (χ1v) is 13.7. The molecule has 2 rings (SSSR count). The summed E-state index contributed by atoms with van der Waals surface area (Å²) in [5.74, 6) is -1.05. The van der Waals surface area contributed by atoms with Crippen LogP contribution in [-0.4, -0.2) is 67.2 Å². The summed E-state index contributed by atoms with van der Waals surface area (Å²) < 4.78 is 27.5. The van der Waals surface area contributed by atoms with Gasteiger partial charge in [0.15, 0.2) is 0 Å². The molecule has 0 radical (unpaired) electrons. The number of carbonyl (C=O) groups excluding carboxylic acids is 2. The lowest BCUT2D eigenvalue weighted by molar-refractivity contribution is -0.133. The summed E-state index contributed by atoms with van der Waals surface area (Å²) in [5.41, 5.74) is 7.38. The number of unbranched alkanes of at least 4 members (excludes halogenated alkanes) is 2. The van der Waals surface area contributed by atoms with Crippen LogP contribution in [0.4, 0.5) is 10.5 Å². The zero-order valence-electron chi connectivity index (χ0n) is 21.4. The second kappa shape index (κ2) is 12.4. The number of rotatable bonds is 12. The van der Waals surface area contributed by atoms with Crippen molar-refractivity contribution >= 4 is 33.6 Å². The lowest BCUT2D eigenvalue weighted by Crippen LogP contribution is -2.62. The third-order valence-electron chi connectivity index (χ3n) is 6.85. The molecule has 200 valence electrons. The van der Waals surface area contributed by atoms with E-state index in [-0.39, 0.29) is 50.4 Å². The molecule has 1 aromatic rings. The van der Waals surface area contributed by atoms with Gasteiger partial charge in [-0.15, -0.1) is 6.58 Å². The number of hydrogen-bond acceptors (Lipinski definition) is 5. The number of primary amides is 1. The minimum absolute atomic E-state index is 0.0856. The number of carbonyl (C=O) groups is 3. The average Bonchev–Trinajstić information content (AvgIpc) is 2.80. The summed E-state index contributed by atoms with van der Waals surface area (Å²) in [7, 11) is -2.17. The SMILES string of the molecule is C=CCCCCC(=O)NC1(C(N)=O)CCN(S(=O)(=O)CCc2c(C)cc(N(C)C(=O)O)cc2C)CC1. The summed E-state index contributed by atoms with van der Waals surface area (Å²) in [6.45, 7) is 7.48. The van der Waals surface area contributed by atoms with E-state index in [1.807, 2.05) is 13.8 Å². The molecule has 10 nitrogen and oxygen atoms in total. The van der Waals surface area contributed by atoms with E-state index in [1.165, 1.54) is 11.4 Å². The summed E-state index contributed by atoms with van der Waals surface area (Å²) in [4.78, 5) is 37.0. The van der Waals surface area contributed by atoms with Crippen LogP contribution in [0.2, 0.25) is 0 Å². The number of sulfonamides is 1. The number of benzene rings is 1. The Kier molecular flexibility index (Phi) is 10.1. The summed E-state index contributed by atoms with van der Waals surface area (Å²) in [6.07, 6.45) is 3.79. The van der Waals surface area contributed by atoms with Crippen LogP contribution in [0.3, 0.4) is 0 Å². The van der Waals surface area contributed by atoms with Crippen LogP contribution in [0.5, 0.6) is 0 Å². The quantitative estimate of drug-likeness (QED) is 0.283. The van der Waals surface area contributed by atoms with Crippen molar-refractivity contribution < 1.29 is 27.9 Å². The molecule has 4 N–H and O–H groups in total. The molecule has 0 aromatic heterocycles. The predicted molar refractivity (Wildman–Crippen MR) is 139 cm³/mol. The van der Waals surface area contributed by atoms with E-state index in [4.69, 9.17) is 5.73 Å². The van der Waals surface area contributed by atoms with Gasteiger partial charge >= 0.3 is 6.09 Å². The number of hydrogen-bond donors (Lipinski definition) is 3. The summed E-state index contributed by atoms with van der Waals surface area (Å²) in [6, 6.07) is 3.45. The molecule has 0 spiro atoms. The number of anilines is 1. The number of amides is 3. The van der Waals surface area contributed by atoms with Gasteiger partial charge in [0.1, 0.15) is 5.54 Å². The molecule has 1 aromatic carbocycles. The average molecular weight is 523 g/mol. The molecule has 36 heavy (non-hydrogen) atoms. The van der Waals surface area contributed by atoms with Gasteiger partial charge < -0.3 is 16.2 Å². The molecule has 3 amide bonds. The second-order valence-corrected chi connectivity index (χ2v) is 11.5. The highest BCUT2D eigenvalue weighted by Crippen LogP contribution is 2.27. The Morgan fingerprint density at radius 3 is 2.28 bits per heavy atom. The maximum absolute atomic E-state index is 13.1. The van der Waals surface area contributed by atoms with Crippen LogP contribution >= 0.6 is 0 Å².